The van der Waals surface area contributed by atoms with Crippen molar-refractivity contribution in [3.05, 3.63) is 29.8 Å². The van der Waals surface area contributed by atoms with Crippen molar-refractivity contribution < 1.29 is 19.1 Å². The summed E-state index contributed by atoms with van der Waals surface area (Å²) in [6.07, 6.45) is 0. The molecular formula is C15H20N2O4. The molecule has 0 spiro atoms. The second-order valence-corrected chi connectivity index (χ2v) is 5.59. The summed E-state index contributed by atoms with van der Waals surface area (Å²) in [6, 6.07) is 6.39. The quantitative estimate of drug-likeness (QED) is 0.890. The first-order valence-electron chi connectivity index (χ1n) is 6.81. The molecule has 0 saturated carbocycles. The van der Waals surface area contributed by atoms with Crippen LogP contribution in [-0.4, -0.2) is 48.6 Å². The van der Waals surface area contributed by atoms with Crippen molar-refractivity contribution in [2.45, 2.75) is 19.4 Å². The number of carbonyl (C=O) groups is 2. The lowest BCUT2D eigenvalue weighted by atomic mass is 10.0. The van der Waals surface area contributed by atoms with Crippen molar-refractivity contribution >= 4 is 11.8 Å². The third-order valence-corrected chi connectivity index (χ3v) is 3.45. The molecule has 1 aromatic carbocycles. The molecule has 0 aliphatic carbocycles. The van der Waals surface area contributed by atoms with Gasteiger partial charge >= 0.3 is 0 Å². The predicted octanol–water partition coefficient (Wildman–Crippen LogP) is 0.802. The molecule has 2 rings (SSSR count). The van der Waals surface area contributed by atoms with Crippen LogP contribution >= 0.6 is 0 Å². The minimum atomic E-state index is -0.493. The van der Waals surface area contributed by atoms with Gasteiger partial charge in [0, 0.05) is 12.1 Å². The molecule has 0 unspecified atom stereocenters. The monoisotopic (exact) mass is 292 g/mol. The minimum absolute atomic E-state index is 0.0423. The SMILES string of the molecule is CC1(C)COCCN1C(=O)COc1ccc(C(N)=O)cc1. The molecule has 0 radical (unpaired) electrons. The van der Waals surface area contributed by atoms with Crippen LogP contribution in [0.15, 0.2) is 24.3 Å². The topological polar surface area (TPSA) is 81.9 Å². The van der Waals surface area contributed by atoms with E-state index in [0.717, 1.165) is 0 Å². The normalized spacial score (nSPS) is 17.3. The van der Waals surface area contributed by atoms with E-state index in [-0.39, 0.29) is 18.1 Å². The number of ether oxygens (including phenoxy) is 2. The highest BCUT2D eigenvalue weighted by atomic mass is 16.5. The third-order valence-electron chi connectivity index (χ3n) is 3.45. The van der Waals surface area contributed by atoms with Gasteiger partial charge in [-0.15, -0.1) is 0 Å². The molecule has 2 amide bonds. The Balaban J connectivity index is 1.93. The number of hydrogen-bond donors (Lipinski definition) is 1. The fourth-order valence-electron chi connectivity index (χ4n) is 2.26. The molecule has 1 fully saturated rings. The lowest BCUT2D eigenvalue weighted by molar-refractivity contribution is -0.148. The first-order chi connectivity index (χ1) is 9.90. The van der Waals surface area contributed by atoms with E-state index in [0.29, 0.717) is 31.1 Å². The number of morpholine rings is 1. The molecular weight excluding hydrogens is 272 g/mol. The van der Waals surface area contributed by atoms with Crippen molar-refractivity contribution in [1.29, 1.82) is 0 Å². The lowest BCUT2D eigenvalue weighted by Crippen LogP contribution is -2.56. The van der Waals surface area contributed by atoms with Crippen molar-refractivity contribution in [2.75, 3.05) is 26.4 Å². The maximum Gasteiger partial charge on any atom is 0.261 e. The van der Waals surface area contributed by atoms with E-state index in [1.54, 1.807) is 29.2 Å². The molecule has 0 bridgehead atoms. The van der Waals surface area contributed by atoms with Gasteiger partial charge in [0.1, 0.15) is 5.75 Å². The summed E-state index contributed by atoms with van der Waals surface area (Å²) in [5.41, 5.74) is 5.24. The first kappa shape index (κ1) is 15.3. The summed E-state index contributed by atoms with van der Waals surface area (Å²) in [4.78, 5) is 25.0. The molecule has 21 heavy (non-hydrogen) atoms. The number of nitrogens with two attached hydrogens (primary N) is 1. The van der Waals surface area contributed by atoms with Crippen molar-refractivity contribution in [1.82, 2.24) is 4.90 Å². The van der Waals surface area contributed by atoms with Gasteiger partial charge in [0.15, 0.2) is 6.61 Å². The summed E-state index contributed by atoms with van der Waals surface area (Å²) in [5, 5.41) is 0. The van der Waals surface area contributed by atoms with E-state index in [4.69, 9.17) is 15.2 Å². The van der Waals surface area contributed by atoms with Crippen LogP contribution in [0, 0.1) is 0 Å². The molecule has 0 aromatic heterocycles. The fraction of sp³-hybridized carbons (Fsp3) is 0.467. The maximum absolute atomic E-state index is 12.2. The molecule has 1 aliphatic rings. The molecule has 0 atom stereocenters. The zero-order valence-corrected chi connectivity index (χ0v) is 12.3. The van der Waals surface area contributed by atoms with Gasteiger partial charge in [-0.05, 0) is 38.1 Å². The Bertz CT molecular complexity index is 525. The summed E-state index contributed by atoms with van der Waals surface area (Å²) in [5.74, 6) is -0.0469. The second kappa shape index (κ2) is 6.13. The Labute approximate surface area is 123 Å². The Morgan fingerprint density at radius 1 is 1.33 bits per heavy atom. The Morgan fingerprint density at radius 2 is 2.00 bits per heavy atom. The average molecular weight is 292 g/mol. The Hall–Kier alpha value is -2.08. The molecule has 1 aliphatic heterocycles. The number of rotatable bonds is 4. The number of hydrogen-bond acceptors (Lipinski definition) is 4. The van der Waals surface area contributed by atoms with Crippen LogP contribution in [0.3, 0.4) is 0 Å². The van der Waals surface area contributed by atoms with Gasteiger partial charge in [0.25, 0.3) is 5.91 Å². The minimum Gasteiger partial charge on any atom is -0.484 e. The molecule has 1 saturated heterocycles. The van der Waals surface area contributed by atoms with Crippen molar-refractivity contribution in [2.24, 2.45) is 5.73 Å². The number of primary amides is 1. The van der Waals surface area contributed by atoms with Crippen LogP contribution in [0.2, 0.25) is 0 Å². The van der Waals surface area contributed by atoms with E-state index in [2.05, 4.69) is 0 Å². The van der Waals surface area contributed by atoms with Crippen LogP contribution in [0.4, 0.5) is 0 Å². The number of benzene rings is 1. The van der Waals surface area contributed by atoms with E-state index in [1.807, 2.05) is 13.8 Å². The number of nitrogens with zero attached hydrogens (tertiary/aromatic N) is 1. The second-order valence-electron chi connectivity index (χ2n) is 5.59. The lowest BCUT2D eigenvalue weighted by Gasteiger charge is -2.42. The summed E-state index contributed by atoms with van der Waals surface area (Å²) >= 11 is 0. The van der Waals surface area contributed by atoms with Crippen LogP contribution in [-0.2, 0) is 9.53 Å². The van der Waals surface area contributed by atoms with Crippen LogP contribution in [0.25, 0.3) is 0 Å². The molecule has 6 heteroatoms. The first-order valence-corrected chi connectivity index (χ1v) is 6.81. The van der Waals surface area contributed by atoms with Crippen LogP contribution in [0.5, 0.6) is 5.75 Å². The van der Waals surface area contributed by atoms with E-state index in [9.17, 15) is 9.59 Å². The van der Waals surface area contributed by atoms with Crippen LogP contribution in [0.1, 0.15) is 24.2 Å². The van der Waals surface area contributed by atoms with Gasteiger partial charge in [-0.1, -0.05) is 0 Å². The van der Waals surface area contributed by atoms with E-state index in [1.165, 1.54) is 0 Å². The zero-order chi connectivity index (χ0) is 15.5. The molecule has 1 aromatic rings. The molecule has 6 nitrogen and oxygen atoms in total. The van der Waals surface area contributed by atoms with Gasteiger partial charge < -0.3 is 20.1 Å². The molecule has 2 N–H and O–H groups in total. The highest BCUT2D eigenvalue weighted by Gasteiger charge is 2.34. The molecule has 1 heterocycles. The summed E-state index contributed by atoms with van der Waals surface area (Å²) in [6.45, 7) is 5.51. The van der Waals surface area contributed by atoms with E-state index >= 15 is 0 Å². The Kier molecular flexibility index (Phi) is 4.47. The Morgan fingerprint density at radius 3 is 2.57 bits per heavy atom. The zero-order valence-electron chi connectivity index (χ0n) is 12.3. The van der Waals surface area contributed by atoms with Gasteiger partial charge in [0.2, 0.25) is 5.91 Å². The van der Waals surface area contributed by atoms with Gasteiger partial charge in [-0.3, -0.25) is 9.59 Å². The smallest absolute Gasteiger partial charge is 0.261 e. The standard InChI is InChI=1S/C15H20N2O4/c1-15(2)10-20-8-7-17(15)13(18)9-21-12-5-3-11(4-6-12)14(16)19/h3-6H,7-10H2,1-2H3,(H2,16,19). The van der Waals surface area contributed by atoms with E-state index < -0.39 is 5.91 Å². The van der Waals surface area contributed by atoms with Crippen LogP contribution < -0.4 is 10.5 Å². The van der Waals surface area contributed by atoms with Gasteiger partial charge in [-0.25, -0.2) is 0 Å². The third kappa shape index (κ3) is 3.72. The fourth-order valence-corrected chi connectivity index (χ4v) is 2.26. The largest absolute Gasteiger partial charge is 0.484 e. The predicted molar refractivity (Wildman–Crippen MR) is 77.1 cm³/mol. The van der Waals surface area contributed by atoms with Crippen molar-refractivity contribution in [3.63, 3.8) is 0 Å². The highest BCUT2D eigenvalue weighted by Crippen LogP contribution is 2.19. The maximum atomic E-state index is 12.2. The highest BCUT2D eigenvalue weighted by molar-refractivity contribution is 5.92. The van der Waals surface area contributed by atoms with Crippen molar-refractivity contribution in [3.8, 4) is 5.75 Å². The summed E-state index contributed by atoms with van der Waals surface area (Å²) < 4.78 is 10.8. The molecule has 114 valence electrons. The van der Waals surface area contributed by atoms with Gasteiger partial charge in [-0.2, -0.15) is 0 Å². The average Bonchev–Trinajstić information content (AvgIpc) is 2.44. The number of carbonyl (C=O) groups excluding carboxylic acids is 2. The summed E-state index contributed by atoms with van der Waals surface area (Å²) in [7, 11) is 0. The van der Waals surface area contributed by atoms with Gasteiger partial charge in [0.05, 0.1) is 18.8 Å². The number of amides is 2.